The van der Waals surface area contributed by atoms with Crippen LogP contribution in [-0.2, 0) is 47.3 Å². The van der Waals surface area contributed by atoms with Gasteiger partial charge in [0.15, 0.2) is 11.6 Å². The smallest absolute Gasteiger partial charge is 1.00 e. The fourth-order valence-electron chi connectivity index (χ4n) is 14.4. The molecule has 0 saturated carbocycles. The zero-order chi connectivity index (χ0) is 90.0. The maximum absolute atomic E-state index is 12.8. The first kappa shape index (κ1) is 109. The summed E-state index contributed by atoms with van der Waals surface area (Å²) in [6, 6.07) is 15.5. The first-order valence-corrected chi connectivity index (χ1v) is 45.1. The summed E-state index contributed by atoms with van der Waals surface area (Å²) in [6.45, 7) is 47.7. The van der Waals surface area contributed by atoms with Crippen LogP contribution in [-0.4, -0.2) is 230 Å². The van der Waals surface area contributed by atoms with Gasteiger partial charge in [-0.3, -0.25) is 39.2 Å². The number of hydrogen-bond donors (Lipinski definition) is 2. The van der Waals surface area contributed by atoms with E-state index in [1.807, 2.05) is 134 Å². The van der Waals surface area contributed by atoms with Crippen molar-refractivity contribution in [1.82, 2.24) is 52.7 Å². The number of pyridine rings is 4. The summed E-state index contributed by atoms with van der Waals surface area (Å²) < 4.78 is 58.6. The summed E-state index contributed by atoms with van der Waals surface area (Å²) in [5.74, 6) is -2.47. The minimum absolute atomic E-state index is 0. The van der Waals surface area contributed by atoms with E-state index in [2.05, 4.69) is 97.8 Å². The van der Waals surface area contributed by atoms with Gasteiger partial charge in [-0.05, 0) is 191 Å². The van der Waals surface area contributed by atoms with Crippen LogP contribution in [0.4, 0.5) is 0 Å². The van der Waals surface area contributed by atoms with Crippen LogP contribution in [0.1, 0.15) is 200 Å². The molecule has 0 bridgehead atoms. The topological polar surface area (TPSA) is 340 Å². The van der Waals surface area contributed by atoms with Crippen LogP contribution in [0.2, 0.25) is 0 Å². The Morgan fingerprint density at radius 1 is 0.523 bits per heavy atom. The van der Waals surface area contributed by atoms with E-state index >= 15 is 0 Å². The van der Waals surface area contributed by atoms with E-state index in [1.165, 1.54) is 25.2 Å². The largest absolute Gasteiger partial charge is 1.00 e. The molecule has 1 unspecified atom stereocenters. The number of nitrogens with one attached hydrogen (secondary N) is 1. The number of carbonyl (C=O) groups is 7. The van der Waals surface area contributed by atoms with Crippen LogP contribution >= 0.6 is 61.3 Å². The molecule has 4 fully saturated rings. The van der Waals surface area contributed by atoms with Gasteiger partial charge in [0.05, 0.1) is 168 Å². The second-order valence-electron chi connectivity index (χ2n) is 31.0. The van der Waals surface area contributed by atoms with Crippen LogP contribution < -0.4 is 69.9 Å². The molecular formula is C90H111B2BrN11Na2O18S4. The van der Waals surface area contributed by atoms with Crippen molar-refractivity contribution in [1.29, 1.82) is 0 Å². The number of hydrogen-bond acceptors (Lipinski definition) is 28. The average molecular weight is 1910 g/mol. The Hall–Kier alpha value is -7.92. The molecule has 4 aliphatic rings. The maximum Gasteiger partial charge on any atom is 1.00 e. The quantitative estimate of drug-likeness (QED) is 0.0349. The van der Waals surface area contributed by atoms with Crippen molar-refractivity contribution in [2.75, 3.05) is 92.1 Å². The summed E-state index contributed by atoms with van der Waals surface area (Å²) in [5, 5.41) is 10.6. The third kappa shape index (κ3) is 27.4. The molecule has 29 nitrogen and oxygen atoms in total. The van der Waals surface area contributed by atoms with E-state index in [4.69, 9.17) is 52.4 Å². The van der Waals surface area contributed by atoms with Gasteiger partial charge in [-0.15, -0.1) is 45.3 Å². The molecule has 1 atom stereocenters. The Labute approximate surface area is 819 Å². The van der Waals surface area contributed by atoms with Crippen molar-refractivity contribution in [3.63, 3.8) is 0 Å². The van der Waals surface area contributed by atoms with Crippen molar-refractivity contribution >= 4 is 151 Å². The zero-order valence-electron chi connectivity index (χ0n) is 77.4. The molecule has 0 aliphatic carbocycles. The number of aliphatic carboxylic acids is 1. The normalized spacial score (nSPS) is 14.5. The zero-order valence-corrected chi connectivity index (χ0v) is 85.3. The van der Waals surface area contributed by atoms with Crippen LogP contribution in [0.5, 0.6) is 0 Å². The van der Waals surface area contributed by atoms with Crippen molar-refractivity contribution < 1.29 is 147 Å². The number of thiazole rings is 4. The SMILES string of the molecule is Brc1cncs1.C1COCCN1.C=C(c1c(C)c(C(=O)OC(C)C)cc2cc(-c3cncs3)cn12)N1CCOCC1.CC(=O)O.CCOC(=O)c1cc2cc(-c3cncs3)cn2c(C(C)=O)c1C.CCOC(=O)c1cc2cc(B3OC(C)(C)C(C)(C)O3)cn2c(C(C)=O)c1C.Cc1c(C(=O)OC(C)C)cc2cc(-c3cncs3)cn2c1C(C)N1CCOCC1.[B].[H-].[Na+].[Na+].[OH-]. The number of carboxylic acid groups (broad SMARTS) is 1. The number of Topliss-reactive ketones (excluding diaryl/α,β-unsaturated/α-hetero) is 2. The molecule has 3 N–H and O–H groups in total. The number of carboxylic acids is 1. The van der Waals surface area contributed by atoms with E-state index in [9.17, 15) is 28.8 Å². The molecule has 128 heavy (non-hydrogen) atoms. The van der Waals surface area contributed by atoms with Crippen molar-refractivity contribution in [2.45, 2.75) is 154 Å². The Morgan fingerprint density at radius 3 is 1.23 bits per heavy atom. The minimum Gasteiger partial charge on any atom is -1.00 e. The Balaban J connectivity index is 0.000000284. The van der Waals surface area contributed by atoms with Crippen molar-refractivity contribution in [3.05, 3.63) is 198 Å². The molecule has 673 valence electrons. The number of halogens is 1. The third-order valence-electron chi connectivity index (χ3n) is 21.0. The summed E-state index contributed by atoms with van der Waals surface area (Å²) in [4.78, 5) is 108. The van der Waals surface area contributed by atoms with Gasteiger partial charge in [0.1, 0.15) is 0 Å². The van der Waals surface area contributed by atoms with Gasteiger partial charge in [-0.25, -0.2) is 19.2 Å². The van der Waals surface area contributed by atoms with Gasteiger partial charge < -0.3 is 82.3 Å². The van der Waals surface area contributed by atoms with Crippen molar-refractivity contribution in [2.24, 2.45) is 0 Å². The van der Waals surface area contributed by atoms with Gasteiger partial charge in [0, 0.05) is 168 Å². The first-order chi connectivity index (χ1) is 59.0. The molecule has 4 aliphatic heterocycles. The molecular weight excluding hydrogens is 1800 g/mol. The number of ketones is 2. The van der Waals surface area contributed by atoms with Crippen LogP contribution in [0, 0.1) is 27.7 Å². The fourth-order valence-corrected chi connectivity index (χ4v) is 17.0. The first-order valence-electron chi connectivity index (χ1n) is 40.8. The van der Waals surface area contributed by atoms with E-state index in [0.717, 1.165) is 163 Å². The summed E-state index contributed by atoms with van der Waals surface area (Å²) in [7, 11) is -0.541. The molecule has 0 spiro atoms. The standard InChI is InChI=1S/C22H27N3O3S.C22H25N3O3S.C20H26BNO5.C17H16N2O3S.C4H9NO.C3H2BrNS.C2H4O2.B.2Na.H2O.H/c2*1-14(2)28-22(26)19-10-18-9-17(20-11-23-13-29-20)12-25(18)21(15(19)3)16(4)24-5-7-27-8-6-24;1-8-25-18(24)16-10-15-9-14(11-22(15)17(12(16)2)13(3)23)21-26-19(4,5)20(6,7)27-21;1-4-22-17(21)14-6-13-5-12(15-7-18-9-23-15)8-19(13)16(10(14)2)11(3)20;1-3-6-4-2-5-1;4-3-1-5-2-6-3;1-2(3)4;;;;;/h9-14,16H,5-8H2,1-4H3;9-14H,4-8H2,1-3H3;9-11H,8H2,1-7H3;5-9H,4H2,1-3H3;5H,1-4H2;1-2H;1H3,(H,3,4);;;;1H2;/q;;;;;;;;2*+1;;-1/p-1. The third-order valence-corrected chi connectivity index (χ3v) is 24.8. The van der Waals surface area contributed by atoms with Gasteiger partial charge in [0.2, 0.25) is 0 Å². The molecule has 0 amide bonds. The monoisotopic (exact) mass is 1910 g/mol. The number of nitrogens with zero attached hydrogens (tertiary/aromatic N) is 10. The second-order valence-corrected chi connectivity index (χ2v) is 35.9. The average Bonchev–Trinajstić information content (AvgIpc) is 1.59. The molecule has 16 heterocycles. The number of carbonyl (C=O) groups excluding carboxylic acids is 6. The molecule has 4 saturated heterocycles. The molecule has 16 rings (SSSR count). The molecule has 38 heteroatoms. The van der Waals surface area contributed by atoms with Gasteiger partial charge >= 0.3 is 90.1 Å². The van der Waals surface area contributed by atoms with E-state index in [-0.39, 0.29) is 123 Å². The minimum atomic E-state index is -0.833. The number of ether oxygens (including phenoxy) is 7. The summed E-state index contributed by atoms with van der Waals surface area (Å²) in [6.07, 6.45) is 15.0. The van der Waals surface area contributed by atoms with E-state index in [0.29, 0.717) is 64.6 Å². The number of morpholine rings is 3. The Kier molecular flexibility index (Phi) is 42.6. The number of rotatable bonds is 18. The predicted molar refractivity (Wildman–Crippen MR) is 498 cm³/mol. The molecule has 12 aromatic rings. The molecule has 3 radical (unpaired) electrons. The predicted octanol–water partition coefficient (Wildman–Crippen LogP) is 10.4. The number of fused-ring (bicyclic) bond motifs is 4. The molecule has 12 aromatic heterocycles. The van der Waals surface area contributed by atoms with E-state index < -0.39 is 36.2 Å². The number of esters is 4. The van der Waals surface area contributed by atoms with Gasteiger partial charge in [-0.2, -0.15) is 0 Å². The van der Waals surface area contributed by atoms with Gasteiger partial charge in [-0.1, -0.05) is 6.58 Å². The number of aromatic nitrogens is 8. The van der Waals surface area contributed by atoms with Crippen molar-refractivity contribution in [3.8, 4) is 31.3 Å². The summed E-state index contributed by atoms with van der Waals surface area (Å²) >= 11 is 9.55. The van der Waals surface area contributed by atoms with Crippen LogP contribution in [0.3, 0.4) is 0 Å². The Bertz CT molecular complexity index is 5700. The maximum atomic E-state index is 12.8. The van der Waals surface area contributed by atoms with Crippen LogP contribution in [0.15, 0.2) is 131 Å². The Morgan fingerprint density at radius 2 is 0.875 bits per heavy atom. The van der Waals surface area contributed by atoms with Crippen LogP contribution in [0.25, 0.3) is 59.1 Å². The van der Waals surface area contributed by atoms with E-state index in [1.54, 1.807) is 102 Å². The fraction of sp³-hybridized carbons (Fsp3) is 0.411. The molecule has 0 aromatic carbocycles. The second kappa shape index (κ2) is 50.1. The summed E-state index contributed by atoms with van der Waals surface area (Å²) in [5.41, 5.74) is 22.7. The van der Waals surface area contributed by atoms with Gasteiger partial charge in [0.25, 0.3) is 5.97 Å².